The molecule has 2 rings (SSSR count). The maximum absolute atomic E-state index is 11.1. The number of nitrogens with zero attached hydrogens (tertiary/aromatic N) is 1. The number of hydrogen-bond acceptors (Lipinski definition) is 8. The zero-order valence-corrected chi connectivity index (χ0v) is 11.8. The van der Waals surface area contributed by atoms with Crippen molar-refractivity contribution in [3.8, 4) is 0 Å². The van der Waals surface area contributed by atoms with E-state index in [4.69, 9.17) is 9.84 Å². The normalized spacial score (nSPS) is 31.8. The van der Waals surface area contributed by atoms with Crippen molar-refractivity contribution in [3.63, 3.8) is 0 Å². The summed E-state index contributed by atoms with van der Waals surface area (Å²) in [6.07, 6.45) is -6.84. The van der Waals surface area contributed by atoms with Crippen LogP contribution in [0.25, 0.3) is 0 Å². The van der Waals surface area contributed by atoms with Crippen LogP contribution in [-0.2, 0) is 4.74 Å². The monoisotopic (exact) mass is 314 g/mol. The highest BCUT2D eigenvalue weighted by atomic mass is 16.6. The van der Waals surface area contributed by atoms with Crippen LogP contribution < -0.4 is 5.32 Å². The van der Waals surface area contributed by atoms with Gasteiger partial charge in [0.15, 0.2) is 6.23 Å². The van der Waals surface area contributed by atoms with Gasteiger partial charge in [-0.05, 0) is 18.6 Å². The fourth-order valence-corrected chi connectivity index (χ4v) is 2.29. The molecule has 0 saturated carbocycles. The summed E-state index contributed by atoms with van der Waals surface area (Å²) < 4.78 is 5.26. The number of aryl methyl sites for hydroxylation is 1. The lowest BCUT2D eigenvalue weighted by atomic mass is 9.98. The summed E-state index contributed by atoms with van der Waals surface area (Å²) in [4.78, 5) is 10.5. The van der Waals surface area contributed by atoms with E-state index in [0.29, 0.717) is 5.56 Å². The van der Waals surface area contributed by atoms with Crippen LogP contribution in [0.2, 0.25) is 0 Å². The highest BCUT2D eigenvalue weighted by Crippen LogP contribution is 2.29. The summed E-state index contributed by atoms with van der Waals surface area (Å²) in [5.41, 5.74) is 0.572. The van der Waals surface area contributed by atoms with E-state index in [1.165, 1.54) is 12.1 Å². The number of ether oxygens (including phenoxy) is 1. The van der Waals surface area contributed by atoms with E-state index < -0.39 is 42.2 Å². The molecule has 122 valence electrons. The molecule has 22 heavy (non-hydrogen) atoms. The molecule has 0 amide bonds. The Labute approximate surface area is 125 Å². The van der Waals surface area contributed by atoms with Crippen LogP contribution in [0.3, 0.4) is 0 Å². The molecular formula is C13H18N2O7. The maximum atomic E-state index is 11.1. The van der Waals surface area contributed by atoms with Crippen LogP contribution >= 0.6 is 0 Å². The summed E-state index contributed by atoms with van der Waals surface area (Å²) in [6.45, 7) is 1.13. The number of rotatable bonds is 4. The Balaban J connectivity index is 2.24. The van der Waals surface area contributed by atoms with E-state index in [1.54, 1.807) is 13.0 Å². The Bertz CT molecular complexity index is 551. The molecular weight excluding hydrogens is 296 g/mol. The van der Waals surface area contributed by atoms with Gasteiger partial charge in [0, 0.05) is 6.07 Å². The predicted octanol–water partition coefficient (Wildman–Crippen LogP) is -0.885. The molecule has 0 radical (unpaired) electrons. The second-order valence-electron chi connectivity index (χ2n) is 5.17. The first-order valence-corrected chi connectivity index (χ1v) is 6.67. The van der Waals surface area contributed by atoms with E-state index in [9.17, 15) is 25.4 Å². The minimum atomic E-state index is -1.55. The fourth-order valence-electron chi connectivity index (χ4n) is 2.29. The molecule has 0 aliphatic carbocycles. The van der Waals surface area contributed by atoms with Crippen molar-refractivity contribution in [2.24, 2.45) is 0 Å². The molecule has 1 aliphatic heterocycles. The SMILES string of the molecule is Cc1ccc(N[C@H]2O[C@@H](CO)[C@@H](O)[C@@H](O)[C@@H]2O)c([N+](=O)[O-])c1. The smallest absolute Gasteiger partial charge is 0.292 e. The lowest BCUT2D eigenvalue weighted by Gasteiger charge is -2.40. The second kappa shape index (κ2) is 6.55. The van der Waals surface area contributed by atoms with Crippen molar-refractivity contribution in [1.82, 2.24) is 0 Å². The predicted molar refractivity (Wildman–Crippen MR) is 75.2 cm³/mol. The van der Waals surface area contributed by atoms with Crippen molar-refractivity contribution in [2.45, 2.75) is 37.6 Å². The minimum absolute atomic E-state index is 0.0972. The Morgan fingerprint density at radius 3 is 2.55 bits per heavy atom. The second-order valence-corrected chi connectivity index (χ2v) is 5.17. The van der Waals surface area contributed by atoms with Crippen LogP contribution in [0.1, 0.15) is 5.56 Å². The first-order valence-electron chi connectivity index (χ1n) is 6.67. The lowest BCUT2D eigenvalue weighted by Crippen LogP contribution is -2.60. The topological polar surface area (TPSA) is 145 Å². The summed E-state index contributed by atoms with van der Waals surface area (Å²) in [7, 11) is 0. The number of aliphatic hydroxyl groups excluding tert-OH is 4. The van der Waals surface area contributed by atoms with Gasteiger partial charge in [-0.1, -0.05) is 6.07 Å². The maximum Gasteiger partial charge on any atom is 0.292 e. The fraction of sp³-hybridized carbons (Fsp3) is 0.538. The molecule has 1 aromatic carbocycles. The number of nitro groups is 1. The average Bonchev–Trinajstić information content (AvgIpc) is 2.49. The Kier molecular flexibility index (Phi) is 4.94. The minimum Gasteiger partial charge on any atom is -0.394 e. The van der Waals surface area contributed by atoms with Gasteiger partial charge in [-0.3, -0.25) is 10.1 Å². The summed E-state index contributed by atoms with van der Waals surface area (Å²) in [6, 6.07) is 4.45. The molecule has 1 aromatic rings. The first-order chi connectivity index (χ1) is 10.3. The standard InChI is InChI=1S/C13H18N2O7/c1-6-2-3-7(8(4-6)15(20)21)14-13-12(19)11(18)10(17)9(5-16)22-13/h2-4,9-14,16-19H,5H2,1H3/t9-,10+,11+,12-,13-/m0/s1. The third kappa shape index (κ3) is 3.18. The van der Waals surface area contributed by atoms with Crippen molar-refractivity contribution >= 4 is 11.4 Å². The summed E-state index contributed by atoms with van der Waals surface area (Å²) in [5, 5.41) is 52.1. The lowest BCUT2D eigenvalue weighted by molar-refractivity contribution is -0.384. The molecule has 1 aliphatic rings. The third-order valence-electron chi connectivity index (χ3n) is 3.54. The number of nitro benzene ring substituents is 1. The molecule has 0 bridgehead atoms. The Hall–Kier alpha value is -1.78. The largest absolute Gasteiger partial charge is 0.394 e. The molecule has 1 heterocycles. The van der Waals surface area contributed by atoms with E-state index in [0.717, 1.165) is 0 Å². The molecule has 0 aromatic heterocycles. The number of hydrogen-bond donors (Lipinski definition) is 5. The van der Waals surface area contributed by atoms with Gasteiger partial charge in [-0.2, -0.15) is 0 Å². The van der Waals surface area contributed by atoms with Gasteiger partial charge in [-0.25, -0.2) is 0 Å². The van der Waals surface area contributed by atoms with Gasteiger partial charge in [0.25, 0.3) is 5.69 Å². The van der Waals surface area contributed by atoms with Crippen molar-refractivity contribution in [2.75, 3.05) is 11.9 Å². The summed E-state index contributed by atoms with van der Waals surface area (Å²) in [5.74, 6) is 0. The van der Waals surface area contributed by atoms with Gasteiger partial charge in [-0.15, -0.1) is 0 Å². The molecule has 9 heteroatoms. The molecule has 1 saturated heterocycles. The van der Waals surface area contributed by atoms with Crippen LogP contribution in [0.15, 0.2) is 18.2 Å². The van der Waals surface area contributed by atoms with Gasteiger partial charge < -0.3 is 30.5 Å². The van der Waals surface area contributed by atoms with E-state index >= 15 is 0 Å². The quantitative estimate of drug-likeness (QED) is 0.355. The van der Waals surface area contributed by atoms with Crippen LogP contribution in [0, 0.1) is 17.0 Å². The van der Waals surface area contributed by atoms with Crippen molar-refractivity contribution in [1.29, 1.82) is 0 Å². The molecule has 5 atom stereocenters. The van der Waals surface area contributed by atoms with Crippen molar-refractivity contribution in [3.05, 3.63) is 33.9 Å². The van der Waals surface area contributed by atoms with E-state index in [2.05, 4.69) is 5.32 Å². The van der Waals surface area contributed by atoms with Crippen molar-refractivity contribution < 1.29 is 30.1 Å². The Morgan fingerprint density at radius 2 is 1.95 bits per heavy atom. The van der Waals surface area contributed by atoms with Gasteiger partial charge in [0.2, 0.25) is 0 Å². The van der Waals surface area contributed by atoms with E-state index in [1.807, 2.05) is 0 Å². The van der Waals surface area contributed by atoms with E-state index in [-0.39, 0.29) is 11.4 Å². The average molecular weight is 314 g/mol. The van der Waals surface area contributed by atoms with Crippen LogP contribution in [-0.4, -0.2) is 62.6 Å². The van der Waals surface area contributed by atoms with Gasteiger partial charge in [0.05, 0.1) is 11.5 Å². The third-order valence-corrected chi connectivity index (χ3v) is 3.54. The zero-order chi connectivity index (χ0) is 16.4. The molecule has 0 unspecified atom stereocenters. The molecule has 1 fully saturated rings. The molecule has 0 spiro atoms. The Morgan fingerprint density at radius 1 is 1.27 bits per heavy atom. The number of benzene rings is 1. The van der Waals surface area contributed by atoms with Gasteiger partial charge >= 0.3 is 0 Å². The zero-order valence-electron chi connectivity index (χ0n) is 11.8. The molecule has 9 nitrogen and oxygen atoms in total. The number of anilines is 1. The van der Waals surface area contributed by atoms with Crippen LogP contribution in [0.5, 0.6) is 0 Å². The molecule has 5 N–H and O–H groups in total. The van der Waals surface area contributed by atoms with Crippen LogP contribution in [0.4, 0.5) is 11.4 Å². The number of aliphatic hydroxyl groups is 4. The summed E-state index contributed by atoms with van der Waals surface area (Å²) >= 11 is 0. The highest BCUT2D eigenvalue weighted by molar-refractivity contribution is 5.62. The highest BCUT2D eigenvalue weighted by Gasteiger charge is 2.43. The number of nitrogens with one attached hydrogen (secondary N) is 1. The first kappa shape index (κ1) is 16.6. The van der Waals surface area contributed by atoms with Gasteiger partial charge in [0.1, 0.15) is 30.1 Å².